The van der Waals surface area contributed by atoms with Gasteiger partial charge < -0.3 is 28.8 Å². The second kappa shape index (κ2) is 9.86. The van der Waals surface area contributed by atoms with Crippen molar-refractivity contribution in [3.8, 4) is 0 Å². The molecule has 9 heteroatoms. The number of carbonyl (C=O) groups is 3. The summed E-state index contributed by atoms with van der Waals surface area (Å²) < 4.78 is 30.1. The maximum absolute atomic E-state index is 12.9. The Morgan fingerprint density at radius 2 is 1.84 bits per heavy atom. The summed E-state index contributed by atoms with van der Waals surface area (Å²) in [5.41, 5.74) is -0.588. The number of ketones is 1. The molecule has 38 heavy (non-hydrogen) atoms. The average molecular weight is 529 g/mol. The van der Waals surface area contributed by atoms with Crippen LogP contribution in [0.15, 0.2) is 47.6 Å². The Morgan fingerprint density at radius 1 is 1.08 bits per heavy atom. The standard InChI is InChI=1S/C29H36O9/c1-17-9-10-28-15-35-26(33)12-18(2)20(31)14-34-21(19(3)30)7-5-6-8-25(32)38-22-13-24(37-23(28)11-17)29(16-36-29)27(22,28)4/h5-8,11-12,19,21-24,30H,9-10,13-16H2,1-4H3/b7-5+,8-6-,18-12+/t19-,21-,22-,23-,24-,27-,28-,29?/m1/s1. The van der Waals surface area contributed by atoms with Crippen molar-refractivity contribution in [3.63, 3.8) is 0 Å². The smallest absolute Gasteiger partial charge is 0.331 e. The summed E-state index contributed by atoms with van der Waals surface area (Å²) in [7, 11) is 0. The lowest BCUT2D eigenvalue weighted by Crippen LogP contribution is -2.66. The quantitative estimate of drug-likeness (QED) is 0.311. The molecule has 2 aliphatic carbocycles. The van der Waals surface area contributed by atoms with E-state index in [1.54, 1.807) is 12.2 Å². The van der Waals surface area contributed by atoms with E-state index in [4.69, 9.17) is 23.7 Å². The molecule has 2 spiro atoms. The topological polar surface area (TPSA) is 121 Å². The van der Waals surface area contributed by atoms with E-state index in [1.807, 2.05) is 0 Å². The largest absolute Gasteiger partial charge is 0.462 e. The monoisotopic (exact) mass is 528 g/mol. The van der Waals surface area contributed by atoms with Crippen molar-refractivity contribution in [1.82, 2.24) is 0 Å². The Morgan fingerprint density at radius 3 is 2.55 bits per heavy atom. The van der Waals surface area contributed by atoms with Gasteiger partial charge in [-0.25, -0.2) is 9.59 Å². The molecule has 0 aromatic carbocycles. The molecule has 206 valence electrons. The molecule has 2 saturated heterocycles. The molecular formula is C29H36O9. The van der Waals surface area contributed by atoms with Crippen LogP contribution in [0.4, 0.5) is 0 Å². The first kappa shape index (κ1) is 27.0. The fraction of sp³-hybridized carbons (Fsp3) is 0.621. The molecule has 3 fully saturated rings. The van der Waals surface area contributed by atoms with Crippen LogP contribution < -0.4 is 0 Å². The average Bonchev–Trinajstić information content (AvgIpc) is 3.64. The number of hydrogen-bond donors (Lipinski definition) is 1. The minimum atomic E-state index is -0.899. The lowest BCUT2D eigenvalue weighted by molar-refractivity contribution is -0.232. The first-order valence-electron chi connectivity index (χ1n) is 13.2. The summed E-state index contributed by atoms with van der Waals surface area (Å²) in [5, 5.41) is 10.0. The number of Topliss-reactive ketones (excluding diaryl/α,β-unsaturated/α-hetero) is 1. The second-order valence-corrected chi connectivity index (χ2v) is 11.4. The molecule has 9 nitrogen and oxygen atoms in total. The van der Waals surface area contributed by atoms with Gasteiger partial charge in [0, 0.05) is 29.6 Å². The summed E-state index contributed by atoms with van der Waals surface area (Å²) in [6.45, 7) is 7.39. The van der Waals surface area contributed by atoms with Crippen LogP contribution in [-0.2, 0) is 38.1 Å². The summed E-state index contributed by atoms with van der Waals surface area (Å²) in [6.07, 6.45) is 8.39. The van der Waals surface area contributed by atoms with Crippen LogP contribution in [0.2, 0.25) is 0 Å². The molecule has 8 atom stereocenters. The summed E-state index contributed by atoms with van der Waals surface area (Å²) >= 11 is 0. The number of aliphatic hydroxyl groups excluding tert-OH is 1. The number of esters is 2. The zero-order chi connectivity index (χ0) is 27.3. The molecular weight excluding hydrogens is 492 g/mol. The summed E-state index contributed by atoms with van der Waals surface area (Å²) in [4.78, 5) is 38.5. The third-order valence-corrected chi connectivity index (χ3v) is 9.25. The van der Waals surface area contributed by atoms with Crippen molar-refractivity contribution in [2.45, 2.75) is 83.1 Å². The van der Waals surface area contributed by atoms with Crippen molar-refractivity contribution in [1.29, 1.82) is 0 Å². The number of allylic oxidation sites excluding steroid dienone is 3. The van der Waals surface area contributed by atoms with E-state index in [-0.39, 0.29) is 31.0 Å². The lowest BCUT2D eigenvalue weighted by Gasteiger charge is -2.58. The van der Waals surface area contributed by atoms with Crippen molar-refractivity contribution in [2.75, 3.05) is 19.8 Å². The van der Waals surface area contributed by atoms with Gasteiger partial charge in [-0.1, -0.05) is 36.8 Å². The van der Waals surface area contributed by atoms with Crippen LogP contribution >= 0.6 is 0 Å². The van der Waals surface area contributed by atoms with E-state index < -0.39 is 52.5 Å². The molecule has 5 aliphatic rings. The highest BCUT2D eigenvalue weighted by Gasteiger charge is 2.83. The van der Waals surface area contributed by atoms with Crippen LogP contribution in [0.3, 0.4) is 0 Å². The van der Waals surface area contributed by atoms with Gasteiger partial charge in [-0.05, 0) is 33.6 Å². The second-order valence-electron chi connectivity index (χ2n) is 11.4. The molecule has 0 aromatic heterocycles. The van der Waals surface area contributed by atoms with Gasteiger partial charge in [0.05, 0.1) is 30.3 Å². The number of hydrogen-bond acceptors (Lipinski definition) is 9. The van der Waals surface area contributed by atoms with E-state index in [1.165, 1.54) is 37.6 Å². The Labute approximate surface area is 222 Å². The Balaban J connectivity index is 1.53. The van der Waals surface area contributed by atoms with Crippen LogP contribution in [0, 0.1) is 10.8 Å². The van der Waals surface area contributed by atoms with Gasteiger partial charge in [0.25, 0.3) is 0 Å². The highest BCUT2D eigenvalue weighted by Crippen LogP contribution is 2.72. The molecule has 5 rings (SSSR count). The van der Waals surface area contributed by atoms with Gasteiger partial charge in [0.15, 0.2) is 5.78 Å². The van der Waals surface area contributed by atoms with Gasteiger partial charge in [-0.3, -0.25) is 4.79 Å². The first-order valence-corrected chi connectivity index (χ1v) is 13.2. The number of cyclic esters (lactones) is 1. The van der Waals surface area contributed by atoms with Crippen LogP contribution in [-0.4, -0.2) is 78.8 Å². The molecule has 1 saturated carbocycles. The highest BCUT2D eigenvalue weighted by molar-refractivity contribution is 6.01. The number of rotatable bonds is 1. The van der Waals surface area contributed by atoms with Crippen molar-refractivity contribution < 1.29 is 43.2 Å². The summed E-state index contributed by atoms with van der Waals surface area (Å²) in [5.74, 6) is -1.56. The Bertz CT molecular complexity index is 1130. The molecule has 3 aliphatic heterocycles. The predicted octanol–water partition coefficient (Wildman–Crippen LogP) is 2.52. The maximum Gasteiger partial charge on any atom is 0.331 e. The van der Waals surface area contributed by atoms with Gasteiger partial charge in [-0.15, -0.1) is 0 Å². The fourth-order valence-corrected chi connectivity index (χ4v) is 6.76. The highest BCUT2D eigenvalue weighted by atomic mass is 16.6. The number of aliphatic hydroxyl groups is 1. The van der Waals surface area contributed by atoms with E-state index in [2.05, 4.69) is 19.9 Å². The van der Waals surface area contributed by atoms with Gasteiger partial charge in [-0.2, -0.15) is 0 Å². The SMILES string of the molecule is CC1=C[C@H]2O[C@@H]3C[C@H]4OC(=O)/C=C\C=C\[C@H]([C@@H](C)O)OCC(=O)/C(C)=C/C(=O)OC[C@@]2(CC1)[C@]4(C)C31CO1. The molecule has 0 amide bonds. The van der Waals surface area contributed by atoms with E-state index in [9.17, 15) is 19.5 Å². The van der Waals surface area contributed by atoms with Crippen molar-refractivity contribution in [2.24, 2.45) is 10.8 Å². The molecule has 3 heterocycles. The van der Waals surface area contributed by atoms with Gasteiger partial charge in [0.2, 0.25) is 0 Å². The zero-order valence-corrected chi connectivity index (χ0v) is 22.3. The van der Waals surface area contributed by atoms with E-state index in [0.29, 0.717) is 19.4 Å². The molecule has 0 radical (unpaired) electrons. The fourth-order valence-electron chi connectivity index (χ4n) is 6.76. The molecule has 0 aromatic rings. The third-order valence-electron chi connectivity index (χ3n) is 9.25. The van der Waals surface area contributed by atoms with Crippen LogP contribution in [0.25, 0.3) is 0 Å². The predicted molar refractivity (Wildman–Crippen MR) is 135 cm³/mol. The zero-order valence-electron chi connectivity index (χ0n) is 22.3. The van der Waals surface area contributed by atoms with Gasteiger partial charge >= 0.3 is 11.9 Å². The number of ether oxygens (including phenoxy) is 5. The lowest BCUT2D eigenvalue weighted by atomic mass is 9.51. The van der Waals surface area contributed by atoms with Crippen LogP contribution in [0.5, 0.6) is 0 Å². The third kappa shape index (κ3) is 4.29. The molecule has 1 N–H and O–H groups in total. The van der Waals surface area contributed by atoms with E-state index in [0.717, 1.165) is 6.42 Å². The first-order chi connectivity index (χ1) is 18.0. The minimum Gasteiger partial charge on any atom is -0.462 e. The van der Waals surface area contributed by atoms with E-state index >= 15 is 0 Å². The maximum atomic E-state index is 12.9. The normalized spacial score (nSPS) is 45.3. The molecule has 2 bridgehead atoms. The number of carbonyl (C=O) groups excluding carboxylic acids is 3. The Kier molecular flexibility index (Phi) is 7.01. The Hall–Kier alpha value is -2.59. The summed E-state index contributed by atoms with van der Waals surface area (Å²) in [6, 6.07) is 0. The van der Waals surface area contributed by atoms with Gasteiger partial charge in [0.1, 0.15) is 31.0 Å². The number of epoxide rings is 1. The van der Waals surface area contributed by atoms with Crippen LogP contribution in [0.1, 0.15) is 47.0 Å². The molecule has 1 unspecified atom stereocenters. The minimum absolute atomic E-state index is 0.0276. The van der Waals surface area contributed by atoms with Crippen molar-refractivity contribution >= 4 is 17.7 Å². The van der Waals surface area contributed by atoms with Crippen molar-refractivity contribution in [3.05, 3.63) is 47.6 Å².